The van der Waals surface area contributed by atoms with Gasteiger partial charge in [-0.2, -0.15) is 13.2 Å². The fraction of sp³-hybridized carbons (Fsp3) is 0.300. The SMILES string of the molecule is COC(=O)c1cccc(NCC(F)(F)F)c1. The highest BCUT2D eigenvalue weighted by Gasteiger charge is 2.26. The minimum Gasteiger partial charge on any atom is -0.465 e. The third-order valence-corrected chi connectivity index (χ3v) is 1.78. The molecule has 1 aromatic rings. The highest BCUT2D eigenvalue weighted by molar-refractivity contribution is 5.90. The average Bonchev–Trinajstić information content (AvgIpc) is 2.25. The van der Waals surface area contributed by atoms with Gasteiger partial charge in [-0.25, -0.2) is 4.79 Å². The molecule has 88 valence electrons. The Bertz CT molecular complexity index is 377. The van der Waals surface area contributed by atoms with Crippen molar-refractivity contribution in [3.63, 3.8) is 0 Å². The van der Waals surface area contributed by atoms with Gasteiger partial charge in [0.05, 0.1) is 12.7 Å². The topological polar surface area (TPSA) is 38.3 Å². The second-order valence-corrected chi connectivity index (χ2v) is 3.04. The van der Waals surface area contributed by atoms with Crippen LogP contribution in [0.1, 0.15) is 10.4 Å². The van der Waals surface area contributed by atoms with Gasteiger partial charge in [-0.3, -0.25) is 0 Å². The first-order valence-corrected chi connectivity index (χ1v) is 4.41. The first kappa shape index (κ1) is 12.4. The van der Waals surface area contributed by atoms with E-state index >= 15 is 0 Å². The molecular weight excluding hydrogens is 223 g/mol. The lowest BCUT2D eigenvalue weighted by atomic mass is 10.2. The van der Waals surface area contributed by atoms with Crippen LogP contribution in [-0.2, 0) is 4.74 Å². The molecule has 0 saturated heterocycles. The Morgan fingerprint density at radius 1 is 1.44 bits per heavy atom. The molecule has 1 rings (SSSR count). The number of carbonyl (C=O) groups excluding carboxylic acids is 1. The Morgan fingerprint density at radius 3 is 2.69 bits per heavy atom. The van der Waals surface area contributed by atoms with Crippen molar-refractivity contribution in [3.05, 3.63) is 29.8 Å². The number of hydrogen-bond acceptors (Lipinski definition) is 3. The molecule has 0 saturated carbocycles. The maximum Gasteiger partial charge on any atom is 0.405 e. The number of ether oxygens (including phenoxy) is 1. The summed E-state index contributed by atoms with van der Waals surface area (Å²) in [4.78, 5) is 11.1. The van der Waals surface area contributed by atoms with Crippen molar-refractivity contribution in [1.82, 2.24) is 0 Å². The molecule has 1 aromatic carbocycles. The second kappa shape index (κ2) is 4.87. The summed E-state index contributed by atoms with van der Waals surface area (Å²) in [6.45, 7) is -1.14. The molecule has 16 heavy (non-hydrogen) atoms. The zero-order valence-electron chi connectivity index (χ0n) is 8.47. The van der Waals surface area contributed by atoms with Gasteiger partial charge in [0, 0.05) is 5.69 Å². The fourth-order valence-electron chi connectivity index (χ4n) is 1.08. The molecule has 0 aliphatic rings. The first-order valence-electron chi connectivity index (χ1n) is 4.41. The molecule has 0 unspecified atom stereocenters. The molecule has 0 aliphatic carbocycles. The number of rotatable bonds is 3. The first-order chi connectivity index (χ1) is 7.42. The maximum absolute atomic E-state index is 11.9. The molecule has 0 aromatic heterocycles. The summed E-state index contributed by atoms with van der Waals surface area (Å²) in [7, 11) is 1.21. The van der Waals surface area contributed by atoms with Crippen LogP contribution in [0.3, 0.4) is 0 Å². The van der Waals surface area contributed by atoms with Crippen molar-refractivity contribution >= 4 is 11.7 Å². The van der Waals surface area contributed by atoms with Crippen LogP contribution in [0.25, 0.3) is 0 Å². The van der Waals surface area contributed by atoms with Crippen LogP contribution >= 0.6 is 0 Å². The Labute approximate surface area is 90.2 Å². The summed E-state index contributed by atoms with van der Waals surface area (Å²) in [6.07, 6.45) is -4.29. The van der Waals surface area contributed by atoms with Gasteiger partial charge in [-0.1, -0.05) is 6.07 Å². The highest BCUT2D eigenvalue weighted by Crippen LogP contribution is 2.17. The van der Waals surface area contributed by atoms with E-state index in [2.05, 4.69) is 10.1 Å². The Kier molecular flexibility index (Phi) is 3.76. The third-order valence-electron chi connectivity index (χ3n) is 1.78. The third kappa shape index (κ3) is 3.80. The largest absolute Gasteiger partial charge is 0.465 e. The van der Waals surface area contributed by atoms with E-state index < -0.39 is 18.7 Å². The van der Waals surface area contributed by atoms with Crippen LogP contribution in [0.4, 0.5) is 18.9 Å². The summed E-state index contributed by atoms with van der Waals surface area (Å²) in [6, 6.07) is 5.69. The molecule has 0 heterocycles. The number of nitrogens with one attached hydrogen (secondary N) is 1. The van der Waals surface area contributed by atoms with Crippen LogP contribution < -0.4 is 5.32 Å². The van der Waals surface area contributed by atoms with Gasteiger partial charge in [0.25, 0.3) is 0 Å². The molecular formula is C10H10F3NO2. The Hall–Kier alpha value is -1.72. The smallest absolute Gasteiger partial charge is 0.405 e. The molecule has 0 fully saturated rings. The van der Waals surface area contributed by atoms with Gasteiger partial charge >= 0.3 is 12.1 Å². The van der Waals surface area contributed by atoms with Crippen molar-refractivity contribution in [2.45, 2.75) is 6.18 Å². The van der Waals surface area contributed by atoms with Crippen molar-refractivity contribution in [2.75, 3.05) is 19.0 Å². The standard InChI is InChI=1S/C10H10F3NO2/c1-16-9(15)7-3-2-4-8(5-7)14-6-10(11,12)13/h2-5,14H,6H2,1H3. The van der Waals surface area contributed by atoms with Crippen molar-refractivity contribution in [1.29, 1.82) is 0 Å². The summed E-state index contributed by atoms with van der Waals surface area (Å²) in [5.41, 5.74) is 0.426. The molecule has 0 atom stereocenters. The van der Waals surface area contributed by atoms with E-state index in [1.807, 2.05) is 0 Å². The minimum atomic E-state index is -4.29. The normalized spacial score (nSPS) is 11.0. The second-order valence-electron chi connectivity index (χ2n) is 3.04. The predicted octanol–water partition coefficient (Wildman–Crippen LogP) is 2.45. The van der Waals surface area contributed by atoms with Gasteiger partial charge < -0.3 is 10.1 Å². The van der Waals surface area contributed by atoms with Crippen LogP contribution in [0, 0.1) is 0 Å². The van der Waals surface area contributed by atoms with Crippen LogP contribution in [0.15, 0.2) is 24.3 Å². The lowest BCUT2D eigenvalue weighted by Gasteiger charge is -2.10. The molecule has 0 aliphatic heterocycles. The van der Waals surface area contributed by atoms with Crippen molar-refractivity contribution in [3.8, 4) is 0 Å². The van der Waals surface area contributed by atoms with E-state index in [1.54, 1.807) is 0 Å². The average molecular weight is 233 g/mol. The van der Waals surface area contributed by atoms with Crippen molar-refractivity contribution in [2.24, 2.45) is 0 Å². The number of alkyl halides is 3. The summed E-state index contributed by atoms with van der Waals surface area (Å²) >= 11 is 0. The number of methoxy groups -OCH3 is 1. The van der Waals surface area contributed by atoms with Crippen LogP contribution in [0.5, 0.6) is 0 Å². The number of carbonyl (C=O) groups is 1. The zero-order valence-corrected chi connectivity index (χ0v) is 8.47. The van der Waals surface area contributed by atoms with Gasteiger partial charge in [0.2, 0.25) is 0 Å². The van der Waals surface area contributed by atoms with E-state index in [-0.39, 0.29) is 11.3 Å². The molecule has 0 spiro atoms. The lowest BCUT2D eigenvalue weighted by molar-refractivity contribution is -0.115. The highest BCUT2D eigenvalue weighted by atomic mass is 19.4. The molecule has 0 radical (unpaired) electrons. The van der Waals surface area contributed by atoms with Crippen molar-refractivity contribution < 1.29 is 22.7 Å². The number of anilines is 1. The predicted molar refractivity (Wildman–Crippen MR) is 52.3 cm³/mol. The van der Waals surface area contributed by atoms with Gasteiger partial charge in [0.1, 0.15) is 6.54 Å². The summed E-state index contributed by atoms with van der Waals surface area (Å²) in [5, 5.41) is 2.17. The van der Waals surface area contributed by atoms with E-state index in [1.165, 1.54) is 31.4 Å². The van der Waals surface area contributed by atoms with Gasteiger partial charge in [-0.05, 0) is 18.2 Å². The number of hydrogen-bond donors (Lipinski definition) is 1. The van der Waals surface area contributed by atoms with E-state index in [0.29, 0.717) is 0 Å². The Balaban J connectivity index is 2.71. The number of halogens is 3. The molecule has 1 N–H and O–H groups in total. The van der Waals surface area contributed by atoms with Crippen LogP contribution in [0.2, 0.25) is 0 Å². The molecule has 0 bridgehead atoms. The number of esters is 1. The van der Waals surface area contributed by atoms with Gasteiger partial charge in [-0.15, -0.1) is 0 Å². The maximum atomic E-state index is 11.9. The molecule has 3 nitrogen and oxygen atoms in total. The molecule has 6 heteroatoms. The van der Waals surface area contributed by atoms with E-state index in [9.17, 15) is 18.0 Å². The monoisotopic (exact) mass is 233 g/mol. The summed E-state index contributed by atoms with van der Waals surface area (Å²) < 4.78 is 40.2. The van der Waals surface area contributed by atoms with Crippen LogP contribution in [-0.4, -0.2) is 25.8 Å². The van der Waals surface area contributed by atoms with Gasteiger partial charge in [0.15, 0.2) is 0 Å². The van der Waals surface area contributed by atoms with E-state index in [0.717, 1.165) is 0 Å². The molecule has 0 amide bonds. The summed E-state index contributed by atoms with van der Waals surface area (Å²) in [5.74, 6) is -0.587. The zero-order chi connectivity index (χ0) is 12.2. The Morgan fingerprint density at radius 2 is 2.12 bits per heavy atom. The minimum absolute atomic E-state index is 0.203. The van der Waals surface area contributed by atoms with E-state index in [4.69, 9.17) is 0 Å². The fourth-order valence-corrected chi connectivity index (χ4v) is 1.08. The quantitative estimate of drug-likeness (QED) is 0.815. The number of benzene rings is 1. The lowest BCUT2D eigenvalue weighted by Crippen LogP contribution is -2.21.